The number of benzene rings is 1. The number of halogens is 1. The highest BCUT2D eigenvalue weighted by Gasteiger charge is 2.18. The third-order valence-electron chi connectivity index (χ3n) is 8.35. The second kappa shape index (κ2) is 12.7. The molecule has 0 aliphatic carbocycles. The molecule has 1 aromatic carbocycles. The third kappa shape index (κ3) is 6.05. The van der Waals surface area contributed by atoms with Crippen molar-refractivity contribution in [3.05, 3.63) is 73.1 Å². The van der Waals surface area contributed by atoms with Crippen LogP contribution in [0.1, 0.15) is 32.6 Å². The van der Waals surface area contributed by atoms with Gasteiger partial charge in [-0.2, -0.15) is 5.10 Å². The first-order chi connectivity index (χ1) is 22.4. The summed E-state index contributed by atoms with van der Waals surface area (Å²) in [6.45, 7) is 5.48. The van der Waals surface area contributed by atoms with Crippen LogP contribution in [0, 0.1) is 5.82 Å². The summed E-state index contributed by atoms with van der Waals surface area (Å²) in [5, 5.41) is 8.60. The van der Waals surface area contributed by atoms with E-state index in [9.17, 15) is 9.18 Å². The van der Waals surface area contributed by atoms with E-state index in [1.54, 1.807) is 29.5 Å². The number of ether oxygens (including phenoxy) is 1. The summed E-state index contributed by atoms with van der Waals surface area (Å²) in [6.07, 6.45) is 10.5. The molecule has 0 bridgehead atoms. The van der Waals surface area contributed by atoms with Gasteiger partial charge in [0.15, 0.2) is 0 Å². The Kier molecular flexibility index (Phi) is 8.15. The molecule has 2 N–H and O–H groups in total. The number of likely N-dealkylation sites (tertiary alicyclic amines) is 1. The molecule has 46 heavy (non-hydrogen) atoms. The van der Waals surface area contributed by atoms with E-state index in [4.69, 9.17) is 14.8 Å². The van der Waals surface area contributed by atoms with Gasteiger partial charge in [0, 0.05) is 55.0 Å². The Labute approximate surface area is 265 Å². The molecule has 1 aliphatic rings. The predicted octanol–water partition coefficient (Wildman–Crippen LogP) is 6.59. The summed E-state index contributed by atoms with van der Waals surface area (Å²) >= 11 is 0. The number of carbonyl (C=O) groups is 1. The normalized spacial score (nSPS) is 13.5. The van der Waals surface area contributed by atoms with Crippen molar-refractivity contribution < 1.29 is 13.9 Å². The number of pyridine rings is 3. The standard InChI is InChI=1S/C35H35FN8O2/c1-3-6-33(45)39-25-14-23(18-37-19-25)29-7-8-32-35(41-29)34(42-43(32)2)30-17-27-28(20-38-21-31(27)40-30)22-13-24(36)16-26(15-22)46-12-11-44-9-4-5-10-44/h7-8,13-21,40H,3-6,9-12H2,1-2H3,(H,39,45). The molecular formula is C35H35FN8O2. The van der Waals surface area contributed by atoms with Crippen LogP contribution in [-0.4, -0.2) is 66.8 Å². The second-order valence-corrected chi connectivity index (χ2v) is 11.7. The number of hydrogen-bond donors (Lipinski definition) is 2. The number of carbonyl (C=O) groups excluding carboxylic acids is 1. The Morgan fingerprint density at radius 3 is 2.72 bits per heavy atom. The van der Waals surface area contributed by atoms with E-state index >= 15 is 0 Å². The summed E-state index contributed by atoms with van der Waals surface area (Å²) in [5.41, 5.74) is 7.37. The Balaban J connectivity index is 1.21. The fourth-order valence-corrected chi connectivity index (χ4v) is 6.09. The molecule has 0 saturated carbocycles. The number of aromatic amines is 1. The molecule has 0 radical (unpaired) electrons. The molecule has 1 aliphatic heterocycles. The molecule has 0 spiro atoms. The van der Waals surface area contributed by atoms with Gasteiger partial charge in [-0.3, -0.25) is 24.3 Å². The highest BCUT2D eigenvalue weighted by Crippen LogP contribution is 2.35. The van der Waals surface area contributed by atoms with Crippen LogP contribution in [0.3, 0.4) is 0 Å². The summed E-state index contributed by atoms with van der Waals surface area (Å²) in [5.74, 6) is 0.0851. The van der Waals surface area contributed by atoms with E-state index in [-0.39, 0.29) is 11.7 Å². The monoisotopic (exact) mass is 618 g/mol. The van der Waals surface area contributed by atoms with Crippen LogP contribution in [0.2, 0.25) is 0 Å². The summed E-state index contributed by atoms with van der Waals surface area (Å²) in [7, 11) is 1.88. The molecule has 6 heterocycles. The minimum Gasteiger partial charge on any atom is -0.492 e. The Bertz CT molecular complexity index is 2050. The average molecular weight is 619 g/mol. The zero-order valence-corrected chi connectivity index (χ0v) is 25.9. The lowest BCUT2D eigenvalue weighted by Gasteiger charge is -2.15. The number of H-pyrrole nitrogens is 1. The maximum absolute atomic E-state index is 14.8. The van der Waals surface area contributed by atoms with Crippen LogP contribution in [0.5, 0.6) is 5.75 Å². The van der Waals surface area contributed by atoms with Crippen molar-refractivity contribution in [1.82, 2.24) is 34.6 Å². The van der Waals surface area contributed by atoms with E-state index in [0.29, 0.717) is 46.9 Å². The minimum absolute atomic E-state index is 0.0495. The molecule has 0 unspecified atom stereocenters. The molecule has 7 rings (SSSR count). The van der Waals surface area contributed by atoms with Crippen molar-refractivity contribution in [2.24, 2.45) is 7.05 Å². The number of fused-ring (bicyclic) bond motifs is 2. The van der Waals surface area contributed by atoms with Crippen molar-refractivity contribution in [2.45, 2.75) is 32.6 Å². The van der Waals surface area contributed by atoms with Gasteiger partial charge in [-0.15, -0.1) is 0 Å². The van der Waals surface area contributed by atoms with Crippen LogP contribution in [0.25, 0.3) is 55.7 Å². The van der Waals surface area contributed by atoms with Gasteiger partial charge in [-0.05, 0) is 74.3 Å². The predicted molar refractivity (Wildman–Crippen MR) is 177 cm³/mol. The first kappa shape index (κ1) is 29.5. The molecule has 5 aromatic heterocycles. The van der Waals surface area contributed by atoms with Gasteiger partial charge >= 0.3 is 0 Å². The van der Waals surface area contributed by atoms with Crippen LogP contribution >= 0.6 is 0 Å². The van der Waals surface area contributed by atoms with Gasteiger partial charge < -0.3 is 15.0 Å². The second-order valence-electron chi connectivity index (χ2n) is 11.7. The number of anilines is 1. The van der Waals surface area contributed by atoms with Crippen molar-refractivity contribution in [2.75, 3.05) is 31.6 Å². The molecule has 10 nitrogen and oxygen atoms in total. The smallest absolute Gasteiger partial charge is 0.224 e. The van der Waals surface area contributed by atoms with Gasteiger partial charge in [0.1, 0.15) is 29.4 Å². The zero-order valence-electron chi connectivity index (χ0n) is 25.9. The molecule has 6 aromatic rings. The summed E-state index contributed by atoms with van der Waals surface area (Å²) < 4.78 is 22.6. The number of hydrogen-bond acceptors (Lipinski definition) is 7. The number of nitrogens with zero attached hydrogens (tertiary/aromatic N) is 6. The average Bonchev–Trinajstić information content (AvgIpc) is 3.80. The lowest BCUT2D eigenvalue weighted by atomic mass is 10.0. The maximum Gasteiger partial charge on any atom is 0.224 e. The summed E-state index contributed by atoms with van der Waals surface area (Å²) in [4.78, 5) is 31.7. The van der Waals surface area contributed by atoms with Gasteiger partial charge in [0.05, 0.1) is 40.5 Å². The topological polar surface area (TPSA) is 114 Å². The fourth-order valence-electron chi connectivity index (χ4n) is 6.09. The Morgan fingerprint density at radius 1 is 1.02 bits per heavy atom. The molecular weight excluding hydrogens is 583 g/mol. The Morgan fingerprint density at radius 2 is 1.87 bits per heavy atom. The van der Waals surface area contributed by atoms with E-state index in [2.05, 4.69) is 25.2 Å². The largest absolute Gasteiger partial charge is 0.492 e. The lowest BCUT2D eigenvalue weighted by Crippen LogP contribution is -2.25. The first-order valence-electron chi connectivity index (χ1n) is 15.7. The van der Waals surface area contributed by atoms with Crippen LogP contribution < -0.4 is 10.1 Å². The van der Waals surface area contributed by atoms with Gasteiger partial charge in [0.2, 0.25) is 5.91 Å². The van der Waals surface area contributed by atoms with Gasteiger partial charge in [-0.1, -0.05) is 6.92 Å². The Hall–Kier alpha value is -5.16. The first-order valence-corrected chi connectivity index (χ1v) is 15.7. The van der Waals surface area contributed by atoms with E-state index in [0.717, 1.165) is 59.3 Å². The minimum atomic E-state index is -0.364. The maximum atomic E-state index is 14.8. The van der Waals surface area contributed by atoms with Crippen molar-refractivity contribution in [1.29, 1.82) is 0 Å². The van der Waals surface area contributed by atoms with Gasteiger partial charge in [0.25, 0.3) is 0 Å². The summed E-state index contributed by atoms with van der Waals surface area (Å²) in [6, 6.07) is 12.6. The molecule has 1 amide bonds. The van der Waals surface area contributed by atoms with Crippen LogP contribution in [0.15, 0.2) is 67.3 Å². The zero-order chi connectivity index (χ0) is 31.6. The van der Waals surface area contributed by atoms with E-state index in [1.165, 1.54) is 25.0 Å². The highest BCUT2D eigenvalue weighted by atomic mass is 19.1. The number of amides is 1. The molecule has 1 fully saturated rings. The number of rotatable bonds is 10. The number of aromatic nitrogens is 6. The lowest BCUT2D eigenvalue weighted by molar-refractivity contribution is -0.116. The van der Waals surface area contributed by atoms with Gasteiger partial charge in [-0.25, -0.2) is 9.37 Å². The number of aryl methyl sites for hydroxylation is 1. The SMILES string of the molecule is CCCC(=O)Nc1cncc(-c2ccc3c(n2)c(-c2cc4c(-c5cc(F)cc(OCCN6CCCC6)c5)cncc4[nH]2)nn3C)c1. The van der Waals surface area contributed by atoms with Crippen LogP contribution in [-0.2, 0) is 11.8 Å². The molecule has 234 valence electrons. The third-order valence-corrected chi connectivity index (χ3v) is 8.35. The fraction of sp³-hybridized carbons (Fsp3) is 0.286. The van der Waals surface area contributed by atoms with Crippen LogP contribution in [0.4, 0.5) is 10.1 Å². The molecule has 1 saturated heterocycles. The van der Waals surface area contributed by atoms with Crippen molar-refractivity contribution >= 4 is 33.5 Å². The number of nitrogens with one attached hydrogen (secondary N) is 2. The van der Waals surface area contributed by atoms with Crippen molar-refractivity contribution in [3.8, 4) is 39.5 Å². The van der Waals surface area contributed by atoms with Crippen molar-refractivity contribution in [3.63, 3.8) is 0 Å². The van der Waals surface area contributed by atoms with E-state index in [1.807, 2.05) is 44.3 Å². The molecule has 0 atom stereocenters. The highest BCUT2D eigenvalue weighted by molar-refractivity contribution is 6.00. The van der Waals surface area contributed by atoms with E-state index < -0.39 is 0 Å². The quantitative estimate of drug-likeness (QED) is 0.178. The molecule has 11 heteroatoms.